The van der Waals surface area contributed by atoms with Gasteiger partial charge in [0.05, 0.1) is 6.04 Å². The molecule has 4 heteroatoms. The number of amides is 2. The number of Topliss-reactive ketones (excluding diaryl/α,β-unsaturated/α-hetero) is 1. The molecule has 0 bridgehead atoms. The van der Waals surface area contributed by atoms with Crippen molar-refractivity contribution in [2.24, 2.45) is 0 Å². The second kappa shape index (κ2) is 6.93. The highest BCUT2D eigenvalue weighted by molar-refractivity contribution is 6.11. The molecule has 2 amide bonds. The molecular formula is C21H22N2O2. The third-order valence-electron chi connectivity index (χ3n) is 4.49. The predicted molar refractivity (Wildman–Crippen MR) is 98.4 cm³/mol. The summed E-state index contributed by atoms with van der Waals surface area (Å²) >= 11 is 0. The molecule has 0 unspecified atom stereocenters. The first-order valence-electron chi connectivity index (χ1n) is 8.45. The third-order valence-corrected chi connectivity index (χ3v) is 4.49. The van der Waals surface area contributed by atoms with Crippen molar-refractivity contribution in [1.29, 1.82) is 0 Å². The van der Waals surface area contributed by atoms with Gasteiger partial charge >= 0.3 is 6.03 Å². The number of allylic oxidation sites excluding steroid dienone is 1. The molecule has 0 saturated heterocycles. The normalized spacial score (nSPS) is 17.3. The van der Waals surface area contributed by atoms with Crippen LogP contribution in [-0.2, 0) is 0 Å². The highest BCUT2D eigenvalue weighted by Crippen LogP contribution is 2.30. The maximum absolute atomic E-state index is 13.0. The predicted octanol–water partition coefficient (Wildman–Crippen LogP) is 4.32. The van der Waals surface area contributed by atoms with Gasteiger partial charge in [-0.05, 0) is 24.0 Å². The zero-order valence-corrected chi connectivity index (χ0v) is 14.7. The summed E-state index contributed by atoms with van der Waals surface area (Å²) in [6, 6.07) is 16.4. The van der Waals surface area contributed by atoms with Crippen LogP contribution in [0.1, 0.15) is 54.2 Å². The highest BCUT2D eigenvalue weighted by Gasteiger charge is 2.31. The lowest BCUT2D eigenvalue weighted by Gasteiger charge is -2.29. The minimum absolute atomic E-state index is 0.0801. The second-order valence-electron chi connectivity index (χ2n) is 6.59. The van der Waals surface area contributed by atoms with Gasteiger partial charge in [-0.2, -0.15) is 0 Å². The zero-order valence-electron chi connectivity index (χ0n) is 14.7. The molecular weight excluding hydrogens is 312 g/mol. The lowest BCUT2D eigenvalue weighted by molar-refractivity contribution is 0.102. The first-order chi connectivity index (χ1) is 12.0. The zero-order chi connectivity index (χ0) is 18.0. The molecule has 4 nitrogen and oxygen atoms in total. The van der Waals surface area contributed by atoms with Crippen LogP contribution in [0.5, 0.6) is 0 Å². The molecule has 0 spiro atoms. The maximum Gasteiger partial charge on any atom is 0.319 e. The number of hydrogen-bond donors (Lipinski definition) is 2. The Morgan fingerprint density at radius 1 is 1.00 bits per heavy atom. The van der Waals surface area contributed by atoms with Gasteiger partial charge < -0.3 is 10.6 Å². The number of carbonyl (C=O) groups is 2. The molecule has 0 fully saturated rings. The van der Waals surface area contributed by atoms with Crippen LogP contribution in [0, 0.1) is 0 Å². The average molecular weight is 334 g/mol. The van der Waals surface area contributed by atoms with E-state index in [1.165, 1.54) is 5.56 Å². The monoisotopic (exact) mass is 334 g/mol. The van der Waals surface area contributed by atoms with Crippen molar-refractivity contribution in [3.05, 3.63) is 82.6 Å². The molecule has 2 N–H and O–H groups in total. The number of hydrogen-bond acceptors (Lipinski definition) is 2. The number of carbonyl (C=O) groups excluding carboxylic acids is 2. The van der Waals surface area contributed by atoms with Gasteiger partial charge in [0, 0.05) is 16.8 Å². The molecule has 1 atom stereocenters. The van der Waals surface area contributed by atoms with Crippen molar-refractivity contribution in [3.63, 3.8) is 0 Å². The van der Waals surface area contributed by atoms with Gasteiger partial charge in [0.2, 0.25) is 0 Å². The fraction of sp³-hybridized carbons (Fsp3) is 0.238. The van der Waals surface area contributed by atoms with E-state index in [0.717, 1.165) is 5.56 Å². The van der Waals surface area contributed by atoms with Crippen molar-refractivity contribution in [2.45, 2.75) is 32.7 Å². The lowest BCUT2D eigenvalue weighted by Crippen LogP contribution is -2.45. The Bertz CT molecular complexity index is 821. The Morgan fingerprint density at radius 3 is 2.24 bits per heavy atom. The second-order valence-corrected chi connectivity index (χ2v) is 6.59. The Morgan fingerprint density at radius 2 is 1.64 bits per heavy atom. The Hall–Kier alpha value is -2.88. The first-order valence-corrected chi connectivity index (χ1v) is 8.45. The third kappa shape index (κ3) is 3.48. The van der Waals surface area contributed by atoms with Gasteiger partial charge in [-0.3, -0.25) is 4.79 Å². The highest BCUT2D eigenvalue weighted by atomic mass is 16.2. The summed E-state index contributed by atoms with van der Waals surface area (Å²) < 4.78 is 0. The van der Waals surface area contributed by atoms with Crippen LogP contribution in [0.2, 0.25) is 0 Å². The topological polar surface area (TPSA) is 58.2 Å². The van der Waals surface area contributed by atoms with Gasteiger partial charge in [0.1, 0.15) is 0 Å². The smallest absolute Gasteiger partial charge is 0.319 e. The summed E-state index contributed by atoms with van der Waals surface area (Å²) in [5, 5.41) is 5.60. The maximum atomic E-state index is 13.0. The van der Waals surface area contributed by atoms with E-state index >= 15 is 0 Å². The summed E-state index contributed by atoms with van der Waals surface area (Å²) in [5.74, 6) is 0.350. The molecule has 25 heavy (non-hydrogen) atoms. The number of benzene rings is 2. The Balaban J connectivity index is 2.02. The summed E-state index contributed by atoms with van der Waals surface area (Å²) in [6.45, 7) is 6.04. The molecule has 0 aromatic heterocycles. The SMILES string of the molecule is CC1=C(C(=O)c2ccccc2)[C@@H](c2ccc(C(C)C)cc2)NC(=O)N1. The number of ketones is 1. The van der Waals surface area contributed by atoms with Crippen molar-refractivity contribution >= 4 is 11.8 Å². The minimum Gasteiger partial charge on any atom is -0.327 e. The van der Waals surface area contributed by atoms with Crippen LogP contribution in [0.3, 0.4) is 0 Å². The van der Waals surface area contributed by atoms with Crippen molar-refractivity contribution in [3.8, 4) is 0 Å². The molecule has 0 saturated carbocycles. The fourth-order valence-corrected chi connectivity index (χ4v) is 3.06. The largest absolute Gasteiger partial charge is 0.327 e. The summed E-state index contributed by atoms with van der Waals surface area (Å²) in [4.78, 5) is 25.0. The lowest BCUT2D eigenvalue weighted by atomic mass is 9.88. The molecule has 3 rings (SSSR count). The molecule has 1 aliphatic heterocycles. The molecule has 1 aliphatic rings. The molecule has 2 aromatic carbocycles. The first kappa shape index (κ1) is 17.0. The average Bonchev–Trinajstić information content (AvgIpc) is 2.61. The van der Waals surface area contributed by atoms with Gasteiger partial charge in [-0.15, -0.1) is 0 Å². The van der Waals surface area contributed by atoms with Crippen molar-refractivity contribution in [2.75, 3.05) is 0 Å². The minimum atomic E-state index is -0.456. The Kier molecular flexibility index (Phi) is 4.70. The van der Waals surface area contributed by atoms with Crippen LogP contribution in [-0.4, -0.2) is 11.8 Å². The Labute approximate surface area is 148 Å². The summed E-state index contributed by atoms with van der Waals surface area (Å²) in [5.41, 5.74) is 3.90. The summed E-state index contributed by atoms with van der Waals surface area (Å²) in [6.07, 6.45) is 0. The van der Waals surface area contributed by atoms with E-state index in [9.17, 15) is 9.59 Å². The molecule has 2 aromatic rings. The van der Waals surface area contributed by atoms with E-state index in [4.69, 9.17) is 0 Å². The van der Waals surface area contributed by atoms with Gasteiger partial charge in [-0.1, -0.05) is 68.4 Å². The fourth-order valence-electron chi connectivity index (χ4n) is 3.06. The van der Waals surface area contributed by atoms with Crippen LogP contribution < -0.4 is 10.6 Å². The number of rotatable bonds is 4. The quantitative estimate of drug-likeness (QED) is 0.818. The van der Waals surface area contributed by atoms with E-state index in [1.54, 1.807) is 19.1 Å². The molecule has 1 heterocycles. The van der Waals surface area contributed by atoms with E-state index in [0.29, 0.717) is 22.8 Å². The van der Waals surface area contributed by atoms with Crippen LogP contribution in [0.25, 0.3) is 0 Å². The number of urea groups is 1. The van der Waals surface area contributed by atoms with Crippen LogP contribution in [0.15, 0.2) is 65.9 Å². The van der Waals surface area contributed by atoms with Gasteiger partial charge in [-0.25, -0.2) is 4.79 Å². The molecule has 0 aliphatic carbocycles. The van der Waals surface area contributed by atoms with E-state index < -0.39 is 6.04 Å². The standard InChI is InChI=1S/C21H22N2O2/c1-13(2)15-9-11-16(12-10-15)19-18(14(3)22-21(25)23-19)20(24)17-7-5-4-6-8-17/h4-13,19H,1-3H3,(H2,22,23,25)/t19-/m1/s1. The van der Waals surface area contributed by atoms with Crippen molar-refractivity contribution < 1.29 is 9.59 Å². The summed E-state index contributed by atoms with van der Waals surface area (Å²) in [7, 11) is 0. The number of nitrogens with one attached hydrogen (secondary N) is 2. The van der Waals surface area contributed by atoms with Gasteiger partial charge in [0.25, 0.3) is 0 Å². The van der Waals surface area contributed by atoms with E-state index in [1.807, 2.05) is 42.5 Å². The van der Waals surface area contributed by atoms with Crippen LogP contribution >= 0.6 is 0 Å². The molecule has 0 radical (unpaired) electrons. The van der Waals surface area contributed by atoms with E-state index in [2.05, 4.69) is 24.5 Å². The van der Waals surface area contributed by atoms with Crippen molar-refractivity contribution in [1.82, 2.24) is 10.6 Å². The van der Waals surface area contributed by atoms with Crippen LogP contribution in [0.4, 0.5) is 4.79 Å². The van der Waals surface area contributed by atoms with Gasteiger partial charge in [0.15, 0.2) is 5.78 Å². The van der Waals surface area contributed by atoms with E-state index in [-0.39, 0.29) is 11.8 Å². The molecule has 128 valence electrons.